The highest BCUT2D eigenvalue weighted by atomic mass is 35.5. The average Bonchev–Trinajstić information content (AvgIpc) is 2.03. The summed E-state index contributed by atoms with van der Waals surface area (Å²) in [5.74, 6) is -0.655. The van der Waals surface area contributed by atoms with Crippen molar-refractivity contribution >= 4 is 23.1 Å². The maximum atomic E-state index is 10.5. The Hall–Kier alpha value is -1.28. The number of nitrogens with one attached hydrogen (secondary N) is 1. The van der Waals surface area contributed by atoms with E-state index in [1.165, 1.54) is 0 Å². The Morgan fingerprint density at radius 3 is 2.69 bits per heavy atom. The lowest BCUT2D eigenvalue weighted by Crippen LogP contribution is -2.99. The minimum atomic E-state index is -1.48. The van der Waals surface area contributed by atoms with Crippen molar-refractivity contribution in [2.45, 2.75) is 0 Å². The van der Waals surface area contributed by atoms with E-state index in [2.05, 4.69) is 4.98 Å². The summed E-state index contributed by atoms with van der Waals surface area (Å²) < 4.78 is 0. The SMILES string of the molecule is O=[N+]([O-])c1ccc(Cl)nc1[NH+]([O-])O. The number of quaternary nitrogens is 1. The lowest BCUT2D eigenvalue weighted by Gasteiger charge is -2.09. The molecule has 2 N–H and O–H groups in total. The van der Waals surface area contributed by atoms with E-state index in [-0.39, 0.29) is 5.15 Å². The number of rotatable bonds is 2. The lowest BCUT2D eigenvalue weighted by atomic mass is 10.4. The van der Waals surface area contributed by atoms with Gasteiger partial charge in [0.1, 0.15) is 5.15 Å². The largest absolute Gasteiger partial charge is 0.593 e. The Labute approximate surface area is 76.9 Å². The Morgan fingerprint density at radius 1 is 1.62 bits per heavy atom. The average molecular weight is 206 g/mol. The van der Waals surface area contributed by atoms with Gasteiger partial charge >= 0.3 is 11.5 Å². The molecule has 1 aromatic heterocycles. The Balaban J connectivity index is 3.26. The van der Waals surface area contributed by atoms with Crippen LogP contribution >= 0.6 is 11.6 Å². The van der Waals surface area contributed by atoms with Crippen LogP contribution in [0.25, 0.3) is 0 Å². The standard InChI is InChI=1S/C5H4ClN3O4/c6-4-2-1-3(8(10)11)5(7-4)9(12)13/h1-2,9,12H. The molecule has 1 unspecified atom stereocenters. The molecule has 0 saturated carbocycles. The quantitative estimate of drug-likeness (QED) is 0.403. The van der Waals surface area contributed by atoms with Crippen molar-refractivity contribution < 1.29 is 15.4 Å². The van der Waals surface area contributed by atoms with Crippen LogP contribution in [0.1, 0.15) is 0 Å². The molecule has 8 heteroatoms. The number of nitrogens with zero attached hydrogens (tertiary/aromatic N) is 2. The Bertz CT molecular complexity index is 343. The number of aromatic nitrogens is 1. The van der Waals surface area contributed by atoms with Crippen molar-refractivity contribution in [3.8, 4) is 0 Å². The molecule has 0 aliphatic carbocycles. The van der Waals surface area contributed by atoms with Crippen LogP contribution in [-0.4, -0.2) is 15.1 Å². The first-order valence-electron chi connectivity index (χ1n) is 3.06. The van der Waals surface area contributed by atoms with Crippen molar-refractivity contribution in [1.82, 2.24) is 4.98 Å². The van der Waals surface area contributed by atoms with Gasteiger partial charge in [-0.05, 0) is 6.07 Å². The minimum absolute atomic E-state index is 0.0944. The third-order valence-electron chi connectivity index (χ3n) is 1.24. The van der Waals surface area contributed by atoms with E-state index in [1.54, 1.807) is 0 Å². The summed E-state index contributed by atoms with van der Waals surface area (Å²) in [5, 5.41) is 27.7. The molecule has 1 rings (SSSR count). The van der Waals surface area contributed by atoms with Crippen LogP contribution in [0.4, 0.5) is 11.5 Å². The van der Waals surface area contributed by atoms with E-state index >= 15 is 0 Å². The van der Waals surface area contributed by atoms with Crippen molar-refractivity contribution in [3.63, 3.8) is 0 Å². The van der Waals surface area contributed by atoms with Crippen LogP contribution < -0.4 is 5.23 Å². The maximum Gasteiger partial charge on any atom is 0.353 e. The number of hydrogen-bond donors (Lipinski definition) is 2. The molecule has 7 nitrogen and oxygen atoms in total. The van der Waals surface area contributed by atoms with Crippen molar-refractivity contribution in [2.24, 2.45) is 0 Å². The summed E-state index contributed by atoms with van der Waals surface area (Å²) in [6.07, 6.45) is 0. The summed E-state index contributed by atoms with van der Waals surface area (Å²) in [5.41, 5.74) is -0.572. The summed E-state index contributed by atoms with van der Waals surface area (Å²) in [4.78, 5) is 12.8. The van der Waals surface area contributed by atoms with Gasteiger partial charge in [0.2, 0.25) is 0 Å². The van der Waals surface area contributed by atoms with Gasteiger partial charge in [-0.25, -0.2) is 5.21 Å². The first-order valence-corrected chi connectivity index (χ1v) is 3.44. The van der Waals surface area contributed by atoms with Crippen molar-refractivity contribution in [3.05, 3.63) is 32.6 Å². The fraction of sp³-hybridized carbons (Fsp3) is 0. The third kappa shape index (κ3) is 2.10. The van der Waals surface area contributed by atoms with Gasteiger partial charge in [0.15, 0.2) is 0 Å². The second kappa shape index (κ2) is 3.62. The molecule has 13 heavy (non-hydrogen) atoms. The molecule has 0 saturated heterocycles. The predicted octanol–water partition coefficient (Wildman–Crippen LogP) is 0.0466. The van der Waals surface area contributed by atoms with Crippen LogP contribution in [0.5, 0.6) is 0 Å². The highest BCUT2D eigenvalue weighted by molar-refractivity contribution is 6.29. The molecule has 1 heterocycles. The molecule has 70 valence electrons. The topological polar surface area (TPSA) is 104 Å². The van der Waals surface area contributed by atoms with Crippen LogP contribution in [-0.2, 0) is 0 Å². The summed E-state index contributed by atoms with van der Waals surface area (Å²) in [6, 6.07) is 2.16. The maximum absolute atomic E-state index is 10.5. The van der Waals surface area contributed by atoms with Gasteiger partial charge in [-0.15, -0.1) is 0 Å². The molecular formula is C5H4ClN3O4. The fourth-order valence-electron chi connectivity index (χ4n) is 0.733. The Morgan fingerprint density at radius 2 is 2.23 bits per heavy atom. The number of pyridine rings is 1. The number of hydrogen-bond acceptors (Lipinski definition) is 5. The zero-order valence-electron chi connectivity index (χ0n) is 6.10. The van der Waals surface area contributed by atoms with Crippen molar-refractivity contribution in [2.75, 3.05) is 0 Å². The smallest absolute Gasteiger partial charge is 0.353 e. The highest BCUT2D eigenvalue weighted by Gasteiger charge is 2.21. The monoisotopic (exact) mass is 205 g/mol. The summed E-state index contributed by atoms with van der Waals surface area (Å²) >= 11 is 5.37. The second-order valence-corrected chi connectivity index (χ2v) is 2.45. The predicted molar refractivity (Wildman–Crippen MR) is 41.7 cm³/mol. The van der Waals surface area contributed by atoms with Crippen molar-refractivity contribution in [1.29, 1.82) is 0 Å². The van der Waals surface area contributed by atoms with Crippen LogP contribution in [0.3, 0.4) is 0 Å². The van der Waals surface area contributed by atoms with E-state index in [1.807, 2.05) is 0 Å². The first kappa shape index (κ1) is 9.81. The molecule has 0 amide bonds. The summed E-state index contributed by atoms with van der Waals surface area (Å²) in [6.45, 7) is 0. The molecule has 0 aliphatic rings. The normalized spacial score (nSPS) is 12.5. The van der Waals surface area contributed by atoms with Crippen LogP contribution in [0.2, 0.25) is 5.15 Å². The van der Waals surface area contributed by atoms with Gasteiger partial charge in [-0.3, -0.25) is 10.1 Å². The second-order valence-electron chi connectivity index (χ2n) is 2.06. The van der Waals surface area contributed by atoms with Gasteiger partial charge in [-0.2, -0.15) is 10.2 Å². The van der Waals surface area contributed by atoms with Gasteiger partial charge in [0, 0.05) is 6.07 Å². The number of halogens is 1. The van der Waals surface area contributed by atoms with E-state index in [4.69, 9.17) is 16.8 Å². The molecule has 1 atom stereocenters. The molecule has 0 radical (unpaired) electrons. The van der Waals surface area contributed by atoms with Gasteiger partial charge in [0.05, 0.1) is 4.92 Å². The van der Waals surface area contributed by atoms with E-state index in [0.717, 1.165) is 12.1 Å². The van der Waals surface area contributed by atoms with Gasteiger partial charge in [0.25, 0.3) is 0 Å². The Kier molecular flexibility index (Phi) is 2.73. The highest BCUT2D eigenvalue weighted by Crippen LogP contribution is 2.20. The molecule has 0 bridgehead atoms. The fourth-order valence-corrected chi connectivity index (χ4v) is 0.880. The lowest BCUT2D eigenvalue weighted by molar-refractivity contribution is -0.993. The van der Waals surface area contributed by atoms with Crippen LogP contribution in [0.15, 0.2) is 12.1 Å². The van der Waals surface area contributed by atoms with E-state index < -0.39 is 21.7 Å². The van der Waals surface area contributed by atoms with Gasteiger partial charge in [-0.1, -0.05) is 11.6 Å². The molecule has 0 aliphatic heterocycles. The zero-order chi connectivity index (χ0) is 10.0. The van der Waals surface area contributed by atoms with Crippen LogP contribution in [0, 0.1) is 15.3 Å². The molecule has 0 fully saturated rings. The molecular weight excluding hydrogens is 202 g/mol. The first-order chi connectivity index (χ1) is 6.02. The zero-order valence-corrected chi connectivity index (χ0v) is 6.85. The molecule has 1 aromatic rings. The van der Waals surface area contributed by atoms with E-state index in [0.29, 0.717) is 0 Å². The molecule has 0 spiro atoms. The minimum Gasteiger partial charge on any atom is -0.593 e. The number of nitro groups is 1. The van der Waals surface area contributed by atoms with E-state index in [9.17, 15) is 15.3 Å². The third-order valence-corrected chi connectivity index (χ3v) is 1.45. The van der Waals surface area contributed by atoms with Gasteiger partial charge < -0.3 is 5.21 Å². The molecule has 0 aromatic carbocycles. The summed E-state index contributed by atoms with van der Waals surface area (Å²) in [7, 11) is 0.